The van der Waals surface area contributed by atoms with Crippen LogP contribution in [0.3, 0.4) is 0 Å². The van der Waals surface area contributed by atoms with Gasteiger partial charge in [0.15, 0.2) is 0 Å². The van der Waals surface area contributed by atoms with Gasteiger partial charge < -0.3 is 10.5 Å². The molecule has 3 heteroatoms. The number of rotatable bonds is 1. The summed E-state index contributed by atoms with van der Waals surface area (Å²) in [7, 11) is 1.27. The lowest BCUT2D eigenvalue weighted by molar-refractivity contribution is -0.134. The minimum absolute atomic E-state index is 0.491. The number of methoxy groups -OCH3 is 1. The molecule has 3 nitrogen and oxygen atoms in total. The molecule has 0 aliphatic heterocycles. The maximum atomic E-state index is 9.98. The number of hydrogen-bond acceptors (Lipinski definition) is 2. The normalized spacial score (nSPS) is 9.29. The monoisotopic (exact) mass is 100 g/mol. The average Bonchev–Trinajstić information content (AvgIpc) is 1.68. The van der Waals surface area contributed by atoms with E-state index < -0.39 is 5.97 Å². The Labute approximate surface area is 41.8 Å². The molecule has 0 fully saturated rings. The van der Waals surface area contributed by atoms with Crippen LogP contribution in [-0.4, -0.2) is 13.1 Å². The highest BCUT2D eigenvalue weighted by Gasteiger charge is 1.85. The van der Waals surface area contributed by atoms with Gasteiger partial charge in [-0.2, -0.15) is 0 Å². The van der Waals surface area contributed by atoms with Crippen molar-refractivity contribution in [3.05, 3.63) is 12.3 Å². The van der Waals surface area contributed by atoms with Crippen molar-refractivity contribution >= 4 is 5.97 Å². The van der Waals surface area contributed by atoms with E-state index >= 15 is 0 Å². The molecular weight excluding hydrogens is 94.0 g/mol. The Morgan fingerprint density at radius 1 is 1.86 bits per heavy atom. The van der Waals surface area contributed by atoms with E-state index in [9.17, 15) is 4.79 Å². The van der Waals surface area contributed by atoms with Crippen molar-refractivity contribution in [1.82, 2.24) is 5.73 Å². The number of nitrogens with one attached hydrogen (secondary N) is 1. The smallest absolute Gasteiger partial charge is 0.332 e. The lowest BCUT2D eigenvalue weighted by Crippen LogP contribution is -1.92. The van der Waals surface area contributed by atoms with Crippen molar-refractivity contribution in [3.63, 3.8) is 0 Å². The van der Waals surface area contributed by atoms with E-state index in [0.29, 0.717) is 0 Å². The van der Waals surface area contributed by atoms with E-state index in [-0.39, 0.29) is 0 Å². The van der Waals surface area contributed by atoms with Crippen LogP contribution in [0.4, 0.5) is 0 Å². The molecule has 0 rings (SSSR count). The van der Waals surface area contributed by atoms with Gasteiger partial charge in [0.05, 0.1) is 7.11 Å². The highest BCUT2D eigenvalue weighted by atomic mass is 16.5. The summed E-state index contributed by atoms with van der Waals surface area (Å²) in [6, 6.07) is 0. The molecule has 0 heterocycles. The van der Waals surface area contributed by atoms with Crippen LogP contribution in [0.25, 0.3) is 0 Å². The average molecular weight is 100 g/mol. The quantitative estimate of drug-likeness (QED) is 0.343. The van der Waals surface area contributed by atoms with Gasteiger partial charge in [-0.05, 0) is 0 Å². The highest BCUT2D eigenvalue weighted by Crippen LogP contribution is 1.71. The molecule has 0 bridgehead atoms. The van der Waals surface area contributed by atoms with Crippen molar-refractivity contribution in [2.45, 2.75) is 0 Å². The summed E-state index contributed by atoms with van der Waals surface area (Å²) in [6.07, 6.45) is 1.91. The molecule has 0 aromatic rings. The number of ether oxygens (including phenoxy) is 1. The topological polar surface area (TPSA) is 50.1 Å². The van der Waals surface area contributed by atoms with Gasteiger partial charge in [-0.15, -0.1) is 0 Å². The molecule has 0 spiro atoms. The Hall–Kier alpha value is -0.990. The summed E-state index contributed by atoms with van der Waals surface area (Å²) >= 11 is 0. The fourth-order valence-corrected chi connectivity index (χ4v) is 0.136. The van der Waals surface area contributed by atoms with Crippen LogP contribution in [-0.2, 0) is 9.53 Å². The van der Waals surface area contributed by atoms with Crippen molar-refractivity contribution in [2.75, 3.05) is 7.11 Å². The minimum Gasteiger partial charge on any atom is -0.466 e. The van der Waals surface area contributed by atoms with Crippen LogP contribution in [0, 0.1) is 0 Å². The summed E-state index contributed by atoms with van der Waals surface area (Å²) in [4.78, 5) is 9.98. The Balaban J connectivity index is 3.37. The number of carbonyl (C=O) groups excluding carboxylic acids is 1. The fraction of sp³-hybridized carbons (Fsp3) is 0.250. The van der Waals surface area contributed by atoms with Crippen molar-refractivity contribution < 1.29 is 9.53 Å². The zero-order chi connectivity index (χ0) is 5.70. The van der Waals surface area contributed by atoms with E-state index in [1.165, 1.54) is 7.11 Å². The number of carbonyl (C=O) groups is 1. The Bertz CT molecular complexity index is 87.7. The van der Waals surface area contributed by atoms with Gasteiger partial charge in [-0.3, -0.25) is 0 Å². The predicted octanol–water partition coefficient (Wildman–Crippen LogP) is -0.0440. The maximum Gasteiger partial charge on any atom is 0.332 e. The first-order valence-corrected chi connectivity index (χ1v) is 1.73. The van der Waals surface area contributed by atoms with Crippen LogP contribution in [0.15, 0.2) is 12.3 Å². The Kier molecular flexibility index (Phi) is 2.76. The Morgan fingerprint density at radius 2 is 2.43 bits per heavy atom. The standard InChI is InChI=1S/C4H6NO2/c1-7-4(6)2-3-5/h2-3,5H,1H3/b3-2+. The molecule has 39 valence electrons. The van der Waals surface area contributed by atoms with E-state index in [4.69, 9.17) is 5.73 Å². The SMILES string of the molecule is COC(=O)/C=C/[NH]. The zero-order valence-corrected chi connectivity index (χ0v) is 3.97. The molecular formula is C4H6NO2. The number of hydrogen-bond donors (Lipinski definition) is 0. The van der Waals surface area contributed by atoms with Gasteiger partial charge in [0.25, 0.3) is 0 Å². The first kappa shape index (κ1) is 6.01. The first-order chi connectivity index (χ1) is 3.31. The molecule has 7 heavy (non-hydrogen) atoms. The van der Waals surface area contributed by atoms with Crippen LogP contribution in [0.1, 0.15) is 0 Å². The largest absolute Gasteiger partial charge is 0.466 e. The third-order valence-corrected chi connectivity index (χ3v) is 0.421. The van der Waals surface area contributed by atoms with Gasteiger partial charge in [-0.25, -0.2) is 4.79 Å². The first-order valence-electron chi connectivity index (χ1n) is 1.73. The second-order valence-electron chi connectivity index (χ2n) is 0.856. The summed E-state index contributed by atoms with van der Waals surface area (Å²) in [5.41, 5.74) is 6.36. The number of esters is 1. The summed E-state index contributed by atoms with van der Waals surface area (Å²) < 4.78 is 4.14. The third kappa shape index (κ3) is 2.82. The molecule has 0 saturated carbocycles. The summed E-state index contributed by atoms with van der Waals surface area (Å²) in [6.45, 7) is 0. The highest BCUT2D eigenvalue weighted by molar-refractivity contribution is 5.81. The van der Waals surface area contributed by atoms with E-state index in [1.54, 1.807) is 0 Å². The lowest BCUT2D eigenvalue weighted by atomic mass is 10.6. The van der Waals surface area contributed by atoms with Crippen molar-refractivity contribution in [2.24, 2.45) is 0 Å². The van der Waals surface area contributed by atoms with Gasteiger partial charge in [-0.1, -0.05) is 0 Å². The predicted molar refractivity (Wildman–Crippen MR) is 24.3 cm³/mol. The third-order valence-electron chi connectivity index (χ3n) is 0.421. The van der Waals surface area contributed by atoms with Crippen LogP contribution >= 0.6 is 0 Å². The van der Waals surface area contributed by atoms with Gasteiger partial charge in [0.1, 0.15) is 0 Å². The zero-order valence-electron chi connectivity index (χ0n) is 3.97. The molecule has 0 aromatic carbocycles. The Morgan fingerprint density at radius 3 is 2.57 bits per heavy atom. The molecule has 0 unspecified atom stereocenters. The fourth-order valence-electron chi connectivity index (χ4n) is 0.136. The molecule has 1 radical (unpaired) electrons. The van der Waals surface area contributed by atoms with Crippen LogP contribution in [0.2, 0.25) is 0 Å². The minimum atomic E-state index is -0.491. The maximum absolute atomic E-state index is 9.98. The van der Waals surface area contributed by atoms with E-state index in [1.807, 2.05) is 0 Å². The van der Waals surface area contributed by atoms with Gasteiger partial charge in [0, 0.05) is 12.3 Å². The molecule has 0 aliphatic rings. The molecule has 0 aliphatic carbocycles. The van der Waals surface area contributed by atoms with Gasteiger partial charge in [0.2, 0.25) is 0 Å². The van der Waals surface area contributed by atoms with E-state index in [0.717, 1.165) is 12.3 Å². The summed E-state index contributed by atoms with van der Waals surface area (Å²) in [5.74, 6) is -0.491. The molecule has 0 amide bonds. The van der Waals surface area contributed by atoms with Crippen LogP contribution < -0.4 is 5.73 Å². The van der Waals surface area contributed by atoms with Crippen LogP contribution in [0.5, 0.6) is 0 Å². The second kappa shape index (κ2) is 3.21. The van der Waals surface area contributed by atoms with Crippen molar-refractivity contribution in [3.8, 4) is 0 Å². The van der Waals surface area contributed by atoms with Crippen molar-refractivity contribution in [1.29, 1.82) is 0 Å². The molecule has 1 N–H and O–H groups in total. The summed E-state index contributed by atoms with van der Waals surface area (Å²) in [5, 5.41) is 0. The van der Waals surface area contributed by atoms with Gasteiger partial charge >= 0.3 is 5.97 Å². The lowest BCUT2D eigenvalue weighted by Gasteiger charge is -1.84. The molecule has 0 aromatic heterocycles. The van der Waals surface area contributed by atoms with E-state index in [2.05, 4.69) is 4.74 Å². The second-order valence-corrected chi connectivity index (χ2v) is 0.856. The molecule has 0 atom stereocenters. The molecule has 0 saturated heterocycles.